The summed E-state index contributed by atoms with van der Waals surface area (Å²) in [4.78, 5) is 12.0. The lowest BCUT2D eigenvalue weighted by Gasteiger charge is -2.40. The molecule has 1 aromatic carbocycles. The first-order chi connectivity index (χ1) is 7.67. The van der Waals surface area contributed by atoms with Gasteiger partial charge in [0, 0.05) is 25.4 Å². The normalized spacial score (nSPS) is 18.6. The summed E-state index contributed by atoms with van der Waals surface area (Å²) in [7, 11) is 2.96. The average Bonchev–Trinajstić information content (AvgIpc) is 2.33. The molecule has 0 N–H and O–H groups in total. The molecule has 0 atom stereocenters. The number of carbonyl (C=O) groups excluding carboxylic acids is 1. The molecule has 0 bridgehead atoms. The third kappa shape index (κ3) is 1.25. The summed E-state index contributed by atoms with van der Waals surface area (Å²) in [5.74, 6) is -1.27. The Morgan fingerprint density at radius 1 is 1.06 bits per heavy atom. The van der Waals surface area contributed by atoms with Crippen LogP contribution in [0.25, 0.3) is 5.57 Å². The summed E-state index contributed by atoms with van der Waals surface area (Å²) >= 11 is 0. The topological polar surface area (TPSA) is 35.5 Å². The molecule has 1 aliphatic carbocycles. The van der Waals surface area contributed by atoms with Crippen molar-refractivity contribution in [2.24, 2.45) is 0 Å². The highest BCUT2D eigenvalue weighted by atomic mass is 16.7. The minimum Gasteiger partial charge on any atom is -0.343 e. The van der Waals surface area contributed by atoms with Crippen molar-refractivity contribution in [1.82, 2.24) is 0 Å². The molecule has 0 saturated carbocycles. The van der Waals surface area contributed by atoms with Crippen LogP contribution in [0.1, 0.15) is 12.5 Å². The fourth-order valence-electron chi connectivity index (χ4n) is 2.13. The molecule has 0 radical (unpaired) electrons. The standard InChI is InChI=1S/C13H14O3/c1-9-11(10-7-5-4-6-8-10)12(14)13(9,15-2)16-3/h4-8H,1-3H3. The Morgan fingerprint density at radius 3 is 2.06 bits per heavy atom. The van der Waals surface area contributed by atoms with Gasteiger partial charge in [-0.05, 0) is 12.5 Å². The number of ether oxygens (including phenoxy) is 2. The molecule has 3 nitrogen and oxygen atoms in total. The summed E-state index contributed by atoms with van der Waals surface area (Å²) in [6.45, 7) is 1.86. The predicted molar refractivity (Wildman–Crippen MR) is 60.8 cm³/mol. The van der Waals surface area contributed by atoms with E-state index in [0.717, 1.165) is 11.1 Å². The van der Waals surface area contributed by atoms with Gasteiger partial charge in [0.15, 0.2) is 0 Å². The van der Waals surface area contributed by atoms with E-state index in [1.807, 2.05) is 37.3 Å². The summed E-state index contributed by atoms with van der Waals surface area (Å²) in [6, 6.07) is 9.55. The van der Waals surface area contributed by atoms with Crippen molar-refractivity contribution >= 4 is 11.4 Å². The van der Waals surface area contributed by atoms with Crippen molar-refractivity contribution in [2.45, 2.75) is 12.7 Å². The van der Waals surface area contributed by atoms with Gasteiger partial charge in [0.1, 0.15) is 0 Å². The maximum absolute atomic E-state index is 12.0. The number of benzene rings is 1. The van der Waals surface area contributed by atoms with E-state index >= 15 is 0 Å². The van der Waals surface area contributed by atoms with Gasteiger partial charge in [-0.2, -0.15) is 0 Å². The third-order valence-corrected chi connectivity index (χ3v) is 3.03. The lowest BCUT2D eigenvalue weighted by Crippen LogP contribution is -2.52. The van der Waals surface area contributed by atoms with Gasteiger partial charge in [0.05, 0.1) is 0 Å². The zero-order valence-corrected chi connectivity index (χ0v) is 9.61. The highest BCUT2D eigenvalue weighted by Gasteiger charge is 2.53. The second-order valence-electron chi connectivity index (χ2n) is 3.72. The fraction of sp³-hybridized carbons (Fsp3) is 0.308. The molecule has 0 heterocycles. The molecule has 2 rings (SSSR count). The first kappa shape index (κ1) is 11.0. The lowest BCUT2D eigenvalue weighted by molar-refractivity contribution is -0.191. The van der Waals surface area contributed by atoms with E-state index in [9.17, 15) is 4.79 Å². The third-order valence-electron chi connectivity index (χ3n) is 3.03. The Labute approximate surface area is 94.7 Å². The highest BCUT2D eigenvalue weighted by Crippen LogP contribution is 2.43. The molecular formula is C13H14O3. The average molecular weight is 218 g/mol. The van der Waals surface area contributed by atoms with Gasteiger partial charge in [0.25, 0.3) is 5.79 Å². The Kier molecular flexibility index (Phi) is 2.66. The van der Waals surface area contributed by atoms with Crippen molar-refractivity contribution in [2.75, 3.05) is 14.2 Å². The number of methoxy groups -OCH3 is 2. The molecule has 0 unspecified atom stereocenters. The minimum absolute atomic E-state index is 0.110. The van der Waals surface area contributed by atoms with E-state index in [0.29, 0.717) is 5.57 Å². The molecule has 1 aromatic rings. The van der Waals surface area contributed by atoms with Crippen molar-refractivity contribution in [3.63, 3.8) is 0 Å². The molecule has 0 saturated heterocycles. The molecule has 84 valence electrons. The van der Waals surface area contributed by atoms with E-state index in [2.05, 4.69) is 0 Å². The summed E-state index contributed by atoms with van der Waals surface area (Å²) in [5.41, 5.74) is 2.44. The SMILES string of the molecule is COC1(OC)C(=O)C(c2ccccc2)=C1C. The minimum atomic E-state index is -1.16. The molecule has 0 amide bonds. The first-order valence-corrected chi connectivity index (χ1v) is 5.09. The van der Waals surface area contributed by atoms with Crippen LogP contribution < -0.4 is 0 Å². The Morgan fingerprint density at radius 2 is 1.62 bits per heavy atom. The molecule has 0 fully saturated rings. The van der Waals surface area contributed by atoms with Crippen LogP contribution in [0.2, 0.25) is 0 Å². The Hall–Kier alpha value is -1.45. The zero-order chi connectivity index (χ0) is 11.8. The van der Waals surface area contributed by atoms with E-state index < -0.39 is 5.79 Å². The summed E-state index contributed by atoms with van der Waals surface area (Å²) < 4.78 is 10.3. The van der Waals surface area contributed by atoms with Gasteiger partial charge in [-0.1, -0.05) is 30.3 Å². The first-order valence-electron chi connectivity index (χ1n) is 5.09. The van der Waals surface area contributed by atoms with E-state index in [-0.39, 0.29) is 5.78 Å². The maximum atomic E-state index is 12.0. The number of rotatable bonds is 3. The van der Waals surface area contributed by atoms with E-state index in [4.69, 9.17) is 9.47 Å². The molecule has 0 spiro atoms. The van der Waals surface area contributed by atoms with Gasteiger partial charge >= 0.3 is 0 Å². The van der Waals surface area contributed by atoms with Crippen LogP contribution in [0.15, 0.2) is 35.9 Å². The molecule has 0 aliphatic heterocycles. The van der Waals surface area contributed by atoms with Crippen LogP contribution in [-0.4, -0.2) is 25.8 Å². The number of hydrogen-bond acceptors (Lipinski definition) is 3. The van der Waals surface area contributed by atoms with Crippen molar-refractivity contribution in [1.29, 1.82) is 0 Å². The second kappa shape index (κ2) is 3.85. The monoisotopic (exact) mass is 218 g/mol. The van der Waals surface area contributed by atoms with Crippen LogP contribution in [-0.2, 0) is 14.3 Å². The largest absolute Gasteiger partial charge is 0.343 e. The molecule has 1 aliphatic rings. The van der Waals surface area contributed by atoms with Gasteiger partial charge < -0.3 is 9.47 Å². The van der Waals surface area contributed by atoms with Gasteiger partial charge in [0.2, 0.25) is 5.78 Å². The van der Waals surface area contributed by atoms with E-state index in [1.54, 1.807) is 0 Å². The van der Waals surface area contributed by atoms with Gasteiger partial charge in [-0.25, -0.2) is 0 Å². The van der Waals surface area contributed by atoms with Crippen molar-refractivity contribution in [3.05, 3.63) is 41.5 Å². The van der Waals surface area contributed by atoms with Crippen LogP contribution in [0.3, 0.4) is 0 Å². The molecule has 0 aromatic heterocycles. The fourth-order valence-corrected chi connectivity index (χ4v) is 2.13. The summed E-state index contributed by atoms with van der Waals surface area (Å²) in [5, 5.41) is 0. The number of hydrogen-bond donors (Lipinski definition) is 0. The van der Waals surface area contributed by atoms with Crippen molar-refractivity contribution < 1.29 is 14.3 Å². The molecule has 3 heteroatoms. The van der Waals surface area contributed by atoms with Crippen LogP contribution in [0.5, 0.6) is 0 Å². The van der Waals surface area contributed by atoms with E-state index in [1.165, 1.54) is 14.2 Å². The number of Topliss-reactive ketones (excluding diaryl/α,β-unsaturated/α-hetero) is 1. The highest BCUT2D eigenvalue weighted by molar-refractivity contribution is 6.33. The van der Waals surface area contributed by atoms with Crippen LogP contribution in [0.4, 0.5) is 0 Å². The predicted octanol–water partition coefficient (Wildman–Crippen LogP) is 2.03. The maximum Gasteiger partial charge on any atom is 0.257 e. The smallest absolute Gasteiger partial charge is 0.257 e. The van der Waals surface area contributed by atoms with Crippen molar-refractivity contribution in [3.8, 4) is 0 Å². The van der Waals surface area contributed by atoms with Gasteiger partial charge in [-0.15, -0.1) is 0 Å². The summed E-state index contributed by atoms with van der Waals surface area (Å²) in [6.07, 6.45) is 0. The molecular weight excluding hydrogens is 204 g/mol. The lowest BCUT2D eigenvalue weighted by atomic mass is 9.77. The second-order valence-corrected chi connectivity index (χ2v) is 3.72. The molecule has 16 heavy (non-hydrogen) atoms. The van der Waals surface area contributed by atoms with Gasteiger partial charge in [-0.3, -0.25) is 4.79 Å². The van der Waals surface area contributed by atoms with Crippen LogP contribution >= 0.6 is 0 Å². The quantitative estimate of drug-likeness (QED) is 0.728. The van der Waals surface area contributed by atoms with Crippen LogP contribution in [0, 0.1) is 0 Å². The Balaban J connectivity index is 2.47. The zero-order valence-electron chi connectivity index (χ0n) is 9.61. The number of carbonyl (C=O) groups is 1. The Bertz CT molecular complexity index is 442. The number of ketones is 1.